The SMILES string of the molecule is O=C(Cc1c(F)cccc1Cl)Nc1nc(-c2ccccc2)cs1. The number of thiazole rings is 1. The molecule has 0 fully saturated rings. The van der Waals surface area contributed by atoms with Gasteiger partial charge in [-0.15, -0.1) is 11.3 Å². The number of aromatic nitrogens is 1. The summed E-state index contributed by atoms with van der Waals surface area (Å²) in [6.07, 6.45) is -0.133. The van der Waals surface area contributed by atoms with Crippen LogP contribution < -0.4 is 5.32 Å². The molecule has 0 bridgehead atoms. The molecular formula is C17H12ClFN2OS. The van der Waals surface area contributed by atoms with Crippen LogP contribution in [0.5, 0.6) is 0 Å². The summed E-state index contributed by atoms with van der Waals surface area (Å²) in [5.74, 6) is -0.845. The van der Waals surface area contributed by atoms with Crippen LogP contribution in [0.4, 0.5) is 9.52 Å². The number of amides is 1. The molecule has 0 saturated heterocycles. The van der Waals surface area contributed by atoms with Crippen LogP contribution in [0, 0.1) is 5.82 Å². The zero-order valence-electron chi connectivity index (χ0n) is 11.9. The van der Waals surface area contributed by atoms with E-state index in [4.69, 9.17) is 11.6 Å². The molecule has 0 radical (unpaired) electrons. The molecule has 3 nitrogen and oxygen atoms in total. The van der Waals surface area contributed by atoms with Crippen molar-refractivity contribution in [1.29, 1.82) is 0 Å². The van der Waals surface area contributed by atoms with Crippen molar-refractivity contribution in [1.82, 2.24) is 4.98 Å². The van der Waals surface area contributed by atoms with Gasteiger partial charge in [0.15, 0.2) is 5.13 Å². The first-order valence-corrected chi connectivity index (χ1v) is 8.13. The molecule has 116 valence electrons. The Labute approximate surface area is 141 Å². The van der Waals surface area contributed by atoms with E-state index >= 15 is 0 Å². The topological polar surface area (TPSA) is 42.0 Å². The highest BCUT2D eigenvalue weighted by Crippen LogP contribution is 2.25. The second-order valence-electron chi connectivity index (χ2n) is 4.83. The first kappa shape index (κ1) is 15.6. The van der Waals surface area contributed by atoms with Crippen molar-refractivity contribution in [2.75, 3.05) is 5.32 Å². The molecular weight excluding hydrogens is 335 g/mol. The van der Waals surface area contributed by atoms with E-state index in [9.17, 15) is 9.18 Å². The predicted octanol–water partition coefficient (Wildman–Crippen LogP) is 4.78. The van der Waals surface area contributed by atoms with E-state index in [1.165, 1.54) is 23.5 Å². The molecule has 1 N–H and O–H groups in total. The summed E-state index contributed by atoms with van der Waals surface area (Å²) in [5, 5.41) is 5.25. The normalized spacial score (nSPS) is 10.5. The number of nitrogens with zero attached hydrogens (tertiary/aromatic N) is 1. The highest BCUT2D eigenvalue weighted by Gasteiger charge is 2.13. The van der Waals surface area contributed by atoms with Crippen molar-refractivity contribution in [3.63, 3.8) is 0 Å². The Morgan fingerprint density at radius 2 is 1.96 bits per heavy atom. The van der Waals surface area contributed by atoms with Gasteiger partial charge in [-0.25, -0.2) is 9.37 Å². The third kappa shape index (κ3) is 3.75. The Bertz CT molecular complexity index is 815. The van der Waals surface area contributed by atoms with Crippen molar-refractivity contribution in [3.8, 4) is 11.3 Å². The van der Waals surface area contributed by atoms with Gasteiger partial charge in [0.2, 0.25) is 5.91 Å². The van der Waals surface area contributed by atoms with Gasteiger partial charge in [-0.3, -0.25) is 4.79 Å². The Balaban J connectivity index is 1.70. The van der Waals surface area contributed by atoms with Gasteiger partial charge in [0.05, 0.1) is 12.1 Å². The minimum Gasteiger partial charge on any atom is -0.302 e. The quantitative estimate of drug-likeness (QED) is 0.738. The number of carbonyl (C=O) groups is 1. The first-order chi connectivity index (χ1) is 11.1. The smallest absolute Gasteiger partial charge is 0.230 e. The summed E-state index contributed by atoms with van der Waals surface area (Å²) >= 11 is 7.25. The molecule has 0 atom stereocenters. The van der Waals surface area contributed by atoms with Gasteiger partial charge in [0, 0.05) is 21.5 Å². The number of benzene rings is 2. The molecule has 0 unspecified atom stereocenters. The second kappa shape index (κ2) is 6.89. The fraction of sp³-hybridized carbons (Fsp3) is 0.0588. The summed E-state index contributed by atoms with van der Waals surface area (Å²) in [4.78, 5) is 16.4. The molecule has 0 aliphatic carbocycles. The van der Waals surface area contributed by atoms with Crippen LogP contribution in [-0.2, 0) is 11.2 Å². The van der Waals surface area contributed by atoms with Gasteiger partial charge in [-0.05, 0) is 12.1 Å². The third-order valence-electron chi connectivity index (χ3n) is 3.22. The minimum absolute atomic E-state index is 0.133. The Hall–Kier alpha value is -2.24. The first-order valence-electron chi connectivity index (χ1n) is 6.87. The van der Waals surface area contributed by atoms with E-state index in [2.05, 4.69) is 10.3 Å². The van der Waals surface area contributed by atoms with Crippen molar-refractivity contribution >= 4 is 34.0 Å². The van der Waals surface area contributed by atoms with E-state index in [-0.39, 0.29) is 22.9 Å². The Kier molecular flexibility index (Phi) is 4.69. The van der Waals surface area contributed by atoms with Gasteiger partial charge >= 0.3 is 0 Å². The number of hydrogen-bond donors (Lipinski definition) is 1. The largest absolute Gasteiger partial charge is 0.302 e. The molecule has 6 heteroatoms. The molecule has 3 aromatic rings. The van der Waals surface area contributed by atoms with E-state index in [0.29, 0.717) is 5.13 Å². The van der Waals surface area contributed by atoms with Crippen molar-refractivity contribution in [2.24, 2.45) is 0 Å². The molecule has 3 rings (SSSR count). The van der Waals surface area contributed by atoms with Crippen molar-refractivity contribution in [2.45, 2.75) is 6.42 Å². The van der Waals surface area contributed by atoms with Gasteiger partial charge in [-0.1, -0.05) is 48.0 Å². The predicted molar refractivity (Wildman–Crippen MR) is 91.3 cm³/mol. The van der Waals surface area contributed by atoms with Crippen molar-refractivity contribution in [3.05, 3.63) is 70.3 Å². The zero-order valence-corrected chi connectivity index (χ0v) is 13.5. The molecule has 0 saturated carbocycles. The second-order valence-corrected chi connectivity index (χ2v) is 6.09. The minimum atomic E-state index is -0.489. The number of halogens is 2. The molecule has 2 aromatic carbocycles. The van der Waals surface area contributed by atoms with Crippen LogP contribution in [0.15, 0.2) is 53.9 Å². The maximum absolute atomic E-state index is 13.7. The standard InChI is InChI=1S/C17H12ClFN2OS/c18-13-7-4-8-14(19)12(13)9-16(22)21-17-20-15(10-23-17)11-5-2-1-3-6-11/h1-8,10H,9H2,(H,20,21,22). The highest BCUT2D eigenvalue weighted by atomic mass is 35.5. The van der Waals surface area contributed by atoms with Gasteiger partial charge in [-0.2, -0.15) is 0 Å². The van der Waals surface area contributed by atoms with Crippen LogP contribution in [0.25, 0.3) is 11.3 Å². The molecule has 0 aliphatic rings. The van der Waals surface area contributed by atoms with Crippen molar-refractivity contribution < 1.29 is 9.18 Å². The van der Waals surface area contributed by atoms with Gasteiger partial charge in [0.1, 0.15) is 5.82 Å². The van der Waals surface area contributed by atoms with Gasteiger partial charge in [0.25, 0.3) is 0 Å². The highest BCUT2D eigenvalue weighted by molar-refractivity contribution is 7.14. The summed E-state index contributed by atoms with van der Waals surface area (Å²) in [6.45, 7) is 0. The van der Waals surface area contributed by atoms with Crippen LogP contribution in [0.2, 0.25) is 5.02 Å². The summed E-state index contributed by atoms with van der Waals surface area (Å²) in [5.41, 5.74) is 1.95. The summed E-state index contributed by atoms with van der Waals surface area (Å²) in [7, 11) is 0. The lowest BCUT2D eigenvalue weighted by atomic mass is 10.1. The number of anilines is 1. The molecule has 0 spiro atoms. The lowest BCUT2D eigenvalue weighted by molar-refractivity contribution is -0.115. The van der Waals surface area contributed by atoms with E-state index in [0.717, 1.165) is 11.3 Å². The average Bonchev–Trinajstić information content (AvgIpc) is 3.00. The Morgan fingerprint density at radius 3 is 2.70 bits per heavy atom. The third-order valence-corrected chi connectivity index (χ3v) is 4.33. The van der Waals surface area contributed by atoms with Crippen LogP contribution in [0.1, 0.15) is 5.56 Å². The lowest BCUT2D eigenvalue weighted by Crippen LogP contribution is -2.15. The maximum Gasteiger partial charge on any atom is 0.230 e. The van der Waals surface area contributed by atoms with E-state index < -0.39 is 5.82 Å². The summed E-state index contributed by atoms with van der Waals surface area (Å²) in [6, 6.07) is 14.0. The number of carbonyl (C=O) groups excluding carboxylic acids is 1. The van der Waals surface area contributed by atoms with E-state index in [1.807, 2.05) is 35.7 Å². The van der Waals surface area contributed by atoms with Crippen LogP contribution >= 0.6 is 22.9 Å². The monoisotopic (exact) mass is 346 g/mol. The van der Waals surface area contributed by atoms with Crippen LogP contribution in [-0.4, -0.2) is 10.9 Å². The number of rotatable bonds is 4. The summed E-state index contributed by atoms with van der Waals surface area (Å²) < 4.78 is 13.7. The Morgan fingerprint density at radius 1 is 1.17 bits per heavy atom. The van der Waals surface area contributed by atoms with Gasteiger partial charge < -0.3 is 5.32 Å². The number of hydrogen-bond acceptors (Lipinski definition) is 3. The molecule has 0 aliphatic heterocycles. The lowest BCUT2D eigenvalue weighted by Gasteiger charge is -2.05. The maximum atomic E-state index is 13.7. The fourth-order valence-corrected chi connectivity index (χ4v) is 3.06. The molecule has 1 heterocycles. The van der Waals surface area contributed by atoms with E-state index in [1.54, 1.807) is 6.07 Å². The zero-order chi connectivity index (χ0) is 16.2. The fourth-order valence-electron chi connectivity index (χ4n) is 2.10. The number of nitrogens with one attached hydrogen (secondary N) is 1. The molecule has 1 amide bonds. The molecule has 1 aromatic heterocycles. The molecule has 23 heavy (non-hydrogen) atoms. The van der Waals surface area contributed by atoms with Crippen LogP contribution in [0.3, 0.4) is 0 Å². The average molecular weight is 347 g/mol.